The van der Waals surface area contributed by atoms with Crippen LogP contribution in [-0.4, -0.2) is 42.1 Å². The molecule has 0 unspecified atom stereocenters. The lowest BCUT2D eigenvalue weighted by molar-refractivity contribution is -0.132. The lowest BCUT2D eigenvalue weighted by atomic mass is 9.99. The Kier molecular flexibility index (Phi) is 4.71. The molecule has 3 rings (SSSR count). The molecule has 1 saturated heterocycles. The van der Waals surface area contributed by atoms with Gasteiger partial charge in [0, 0.05) is 31.0 Å². The molecule has 2 aliphatic rings. The van der Waals surface area contributed by atoms with Gasteiger partial charge in [0.15, 0.2) is 0 Å². The predicted octanol–water partition coefficient (Wildman–Crippen LogP) is 2.77. The van der Waals surface area contributed by atoms with Gasteiger partial charge in [-0.25, -0.2) is 0 Å². The van der Waals surface area contributed by atoms with Crippen molar-refractivity contribution in [3.8, 4) is 0 Å². The number of fused-ring (bicyclic) bond motifs is 1. The largest absolute Gasteiger partial charge is 0.343 e. The molecule has 22 heavy (non-hydrogen) atoms. The zero-order valence-electron chi connectivity index (χ0n) is 13.0. The Bertz CT molecular complexity index is 568. The van der Waals surface area contributed by atoms with Crippen LogP contribution in [0.5, 0.6) is 0 Å². The number of carbonyl (C=O) groups excluding carboxylic acids is 2. The average Bonchev–Trinajstić information content (AvgIpc) is 2.54. The summed E-state index contributed by atoms with van der Waals surface area (Å²) in [6.45, 7) is 4.45. The van der Waals surface area contributed by atoms with E-state index >= 15 is 0 Å². The first kappa shape index (κ1) is 15.4. The van der Waals surface area contributed by atoms with E-state index in [0.717, 1.165) is 42.4 Å². The maximum atomic E-state index is 12.3. The van der Waals surface area contributed by atoms with Crippen LogP contribution >= 0.6 is 11.8 Å². The molecule has 0 N–H and O–H groups in total. The number of likely N-dealkylation sites (tertiary alicyclic amines) is 1. The van der Waals surface area contributed by atoms with Gasteiger partial charge in [0.2, 0.25) is 11.8 Å². The number of anilines is 1. The van der Waals surface area contributed by atoms with Crippen LogP contribution in [0, 0.1) is 5.92 Å². The van der Waals surface area contributed by atoms with Crippen molar-refractivity contribution in [1.82, 2.24) is 4.90 Å². The third-order valence-corrected chi connectivity index (χ3v) is 5.54. The van der Waals surface area contributed by atoms with E-state index in [1.54, 1.807) is 16.7 Å². The first-order chi connectivity index (χ1) is 10.6. The Hall–Kier alpha value is -1.49. The summed E-state index contributed by atoms with van der Waals surface area (Å²) in [6.07, 6.45) is 2.60. The summed E-state index contributed by atoms with van der Waals surface area (Å²) < 4.78 is 0. The van der Waals surface area contributed by atoms with Gasteiger partial charge in [0.1, 0.15) is 0 Å². The predicted molar refractivity (Wildman–Crippen MR) is 89.1 cm³/mol. The van der Waals surface area contributed by atoms with Crippen molar-refractivity contribution in [2.45, 2.75) is 31.1 Å². The van der Waals surface area contributed by atoms with Gasteiger partial charge in [0.25, 0.3) is 0 Å². The fourth-order valence-electron chi connectivity index (χ4n) is 3.02. The SMILES string of the molecule is CC1CCN(C(=O)CCN2C(=O)CSc3ccccc32)CC1. The molecular formula is C17H22N2O2S. The van der Waals surface area contributed by atoms with E-state index in [1.165, 1.54) is 0 Å². The molecule has 0 aliphatic carbocycles. The molecule has 2 heterocycles. The van der Waals surface area contributed by atoms with E-state index in [0.29, 0.717) is 18.7 Å². The number of hydrogen-bond donors (Lipinski definition) is 0. The number of piperidine rings is 1. The molecule has 1 fully saturated rings. The zero-order valence-corrected chi connectivity index (χ0v) is 13.8. The Morgan fingerprint density at radius 2 is 2.00 bits per heavy atom. The normalized spacial score (nSPS) is 19.2. The van der Waals surface area contributed by atoms with Gasteiger partial charge in [0.05, 0.1) is 11.4 Å². The van der Waals surface area contributed by atoms with Gasteiger partial charge >= 0.3 is 0 Å². The Morgan fingerprint density at radius 3 is 2.77 bits per heavy atom. The van der Waals surface area contributed by atoms with Crippen molar-refractivity contribution >= 4 is 29.3 Å². The second-order valence-electron chi connectivity index (χ2n) is 6.12. The molecule has 0 saturated carbocycles. The second-order valence-corrected chi connectivity index (χ2v) is 7.13. The van der Waals surface area contributed by atoms with Crippen LogP contribution in [0.2, 0.25) is 0 Å². The van der Waals surface area contributed by atoms with Gasteiger partial charge in [-0.15, -0.1) is 11.8 Å². The Labute approximate surface area is 135 Å². The van der Waals surface area contributed by atoms with Gasteiger partial charge in [-0.3, -0.25) is 9.59 Å². The summed E-state index contributed by atoms with van der Waals surface area (Å²) in [7, 11) is 0. The van der Waals surface area contributed by atoms with Gasteiger partial charge < -0.3 is 9.80 Å². The monoisotopic (exact) mass is 318 g/mol. The molecule has 0 atom stereocenters. The molecule has 0 radical (unpaired) electrons. The van der Waals surface area contributed by atoms with Crippen LogP contribution < -0.4 is 4.90 Å². The van der Waals surface area contributed by atoms with E-state index in [1.807, 2.05) is 29.2 Å². The molecule has 4 nitrogen and oxygen atoms in total. The van der Waals surface area contributed by atoms with E-state index in [-0.39, 0.29) is 11.8 Å². The fraction of sp³-hybridized carbons (Fsp3) is 0.529. The third-order valence-electron chi connectivity index (χ3n) is 4.49. The van der Waals surface area contributed by atoms with Crippen LogP contribution in [0.4, 0.5) is 5.69 Å². The van der Waals surface area contributed by atoms with Gasteiger partial charge in [-0.05, 0) is 30.9 Å². The van der Waals surface area contributed by atoms with Crippen LogP contribution in [0.25, 0.3) is 0 Å². The summed E-state index contributed by atoms with van der Waals surface area (Å²) in [4.78, 5) is 29.4. The number of benzene rings is 1. The van der Waals surface area contributed by atoms with Crippen molar-refractivity contribution < 1.29 is 9.59 Å². The smallest absolute Gasteiger partial charge is 0.237 e. The van der Waals surface area contributed by atoms with Crippen LogP contribution in [0.1, 0.15) is 26.2 Å². The van der Waals surface area contributed by atoms with Gasteiger partial charge in [-0.1, -0.05) is 19.1 Å². The highest BCUT2D eigenvalue weighted by Crippen LogP contribution is 2.34. The minimum atomic E-state index is 0.101. The molecule has 5 heteroatoms. The molecule has 0 aromatic heterocycles. The zero-order chi connectivity index (χ0) is 15.5. The minimum Gasteiger partial charge on any atom is -0.343 e. The molecular weight excluding hydrogens is 296 g/mol. The lowest BCUT2D eigenvalue weighted by Gasteiger charge is -2.32. The van der Waals surface area contributed by atoms with Crippen molar-refractivity contribution in [2.75, 3.05) is 30.3 Å². The molecule has 0 bridgehead atoms. The number of carbonyl (C=O) groups is 2. The standard InChI is InChI=1S/C17H22N2O2S/c1-13-6-9-18(10-7-13)16(20)8-11-19-14-4-2-3-5-15(14)22-12-17(19)21/h2-5,13H,6-12H2,1H3. The minimum absolute atomic E-state index is 0.101. The summed E-state index contributed by atoms with van der Waals surface area (Å²) in [5, 5.41) is 0. The highest BCUT2D eigenvalue weighted by atomic mass is 32.2. The average molecular weight is 318 g/mol. The third kappa shape index (κ3) is 3.29. The summed E-state index contributed by atoms with van der Waals surface area (Å²) in [6, 6.07) is 7.93. The molecule has 118 valence electrons. The number of thioether (sulfide) groups is 1. The topological polar surface area (TPSA) is 40.6 Å². The van der Waals surface area contributed by atoms with Crippen LogP contribution in [-0.2, 0) is 9.59 Å². The molecule has 1 aromatic carbocycles. The summed E-state index contributed by atoms with van der Waals surface area (Å²) >= 11 is 1.58. The number of nitrogens with zero attached hydrogens (tertiary/aromatic N) is 2. The van der Waals surface area contributed by atoms with E-state index in [4.69, 9.17) is 0 Å². The summed E-state index contributed by atoms with van der Waals surface area (Å²) in [5.41, 5.74) is 0.948. The Morgan fingerprint density at radius 1 is 1.27 bits per heavy atom. The highest BCUT2D eigenvalue weighted by Gasteiger charge is 2.26. The van der Waals surface area contributed by atoms with Crippen molar-refractivity contribution in [3.05, 3.63) is 24.3 Å². The molecule has 1 aromatic rings. The highest BCUT2D eigenvalue weighted by molar-refractivity contribution is 8.00. The van der Waals surface area contributed by atoms with Crippen molar-refractivity contribution in [1.29, 1.82) is 0 Å². The second kappa shape index (κ2) is 6.73. The van der Waals surface area contributed by atoms with E-state index in [9.17, 15) is 9.59 Å². The summed E-state index contributed by atoms with van der Waals surface area (Å²) in [5.74, 6) is 1.46. The first-order valence-electron chi connectivity index (χ1n) is 7.95. The number of amides is 2. The fourth-order valence-corrected chi connectivity index (χ4v) is 3.96. The van der Waals surface area contributed by atoms with E-state index in [2.05, 4.69) is 6.92 Å². The quantitative estimate of drug-likeness (QED) is 0.860. The van der Waals surface area contributed by atoms with Crippen molar-refractivity contribution in [3.63, 3.8) is 0 Å². The number of rotatable bonds is 3. The maximum absolute atomic E-state index is 12.3. The molecule has 2 amide bonds. The van der Waals surface area contributed by atoms with Crippen LogP contribution in [0.15, 0.2) is 29.2 Å². The van der Waals surface area contributed by atoms with Gasteiger partial charge in [-0.2, -0.15) is 0 Å². The number of para-hydroxylation sites is 1. The van der Waals surface area contributed by atoms with Crippen LogP contribution in [0.3, 0.4) is 0 Å². The van der Waals surface area contributed by atoms with E-state index < -0.39 is 0 Å². The maximum Gasteiger partial charge on any atom is 0.237 e. The van der Waals surface area contributed by atoms with Crippen molar-refractivity contribution in [2.24, 2.45) is 5.92 Å². The first-order valence-corrected chi connectivity index (χ1v) is 8.93. The number of hydrogen-bond acceptors (Lipinski definition) is 3. The molecule has 2 aliphatic heterocycles. The lowest BCUT2D eigenvalue weighted by Crippen LogP contribution is -2.42. The Balaban J connectivity index is 1.61. The molecule has 0 spiro atoms.